The Balaban J connectivity index is 1.95. The van der Waals surface area contributed by atoms with E-state index >= 15 is 0 Å². The van der Waals surface area contributed by atoms with Gasteiger partial charge in [-0.05, 0) is 18.6 Å². The number of rotatable bonds is 2. The number of nitrogens with zero attached hydrogens (tertiary/aromatic N) is 3. The number of anilines is 1. The average molecular weight is 243 g/mol. The van der Waals surface area contributed by atoms with E-state index in [0.717, 1.165) is 24.2 Å². The van der Waals surface area contributed by atoms with Crippen LogP contribution in [0.15, 0.2) is 35.2 Å². The van der Waals surface area contributed by atoms with Crippen LogP contribution in [-0.2, 0) is 6.54 Å². The molecule has 3 rings (SSSR count). The lowest BCUT2D eigenvalue weighted by molar-refractivity contribution is 0.0984. The number of fused-ring (bicyclic) bond motifs is 1. The van der Waals surface area contributed by atoms with Crippen LogP contribution in [0, 0.1) is 0 Å². The van der Waals surface area contributed by atoms with Gasteiger partial charge in [-0.3, -0.25) is 4.79 Å². The van der Waals surface area contributed by atoms with Crippen molar-refractivity contribution in [3.63, 3.8) is 0 Å². The molecular formula is C13H13N3O2. The van der Waals surface area contributed by atoms with Gasteiger partial charge < -0.3 is 9.42 Å². The van der Waals surface area contributed by atoms with Gasteiger partial charge in [0.25, 0.3) is 0 Å². The second kappa shape index (κ2) is 4.60. The van der Waals surface area contributed by atoms with Gasteiger partial charge in [0.15, 0.2) is 11.6 Å². The van der Waals surface area contributed by atoms with Crippen molar-refractivity contribution in [2.24, 2.45) is 0 Å². The van der Waals surface area contributed by atoms with Crippen molar-refractivity contribution < 1.29 is 9.32 Å². The van der Waals surface area contributed by atoms with Gasteiger partial charge in [-0.2, -0.15) is 4.98 Å². The fourth-order valence-electron chi connectivity index (χ4n) is 2.27. The summed E-state index contributed by atoms with van der Waals surface area (Å²) >= 11 is 0. The first-order valence-corrected chi connectivity index (χ1v) is 5.97. The molecule has 1 aliphatic heterocycles. The normalized spacial score (nSPS) is 15.3. The summed E-state index contributed by atoms with van der Waals surface area (Å²) in [6.07, 6.45) is 2.77. The maximum absolute atomic E-state index is 12.0. The van der Waals surface area contributed by atoms with Crippen LogP contribution in [0.2, 0.25) is 0 Å². The van der Waals surface area contributed by atoms with Crippen molar-refractivity contribution in [2.75, 3.05) is 11.4 Å². The first-order valence-electron chi connectivity index (χ1n) is 5.97. The second-order valence-electron chi connectivity index (χ2n) is 4.31. The molecule has 2 aromatic rings. The molecule has 2 heterocycles. The minimum atomic E-state index is 0.209. The van der Waals surface area contributed by atoms with Crippen molar-refractivity contribution in [3.8, 4) is 0 Å². The molecule has 0 atom stereocenters. The third-order valence-corrected chi connectivity index (χ3v) is 3.12. The number of hydrogen-bond donors (Lipinski definition) is 0. The molecule has 0 fully saturated rings. The Morgan fingerprint density at radius 3 is 3.06 bits per heavy atom. The molecular weight excluding hydrogens is 230 g/mol. The fourth-order valence-corrected chi connectivity index (χ4v) is 2.27. The van der Waals surface area contributed by atoms with E-state index in [4.69, 9.17) is 4.52 Å². The molecule has 5 heteroatoms. The van der Waals surface area contributed by atoms with Gasteiger partial charge in [0, 0.05) is 24.2 Å². The lowest BCUT2D eigenvalue weighted by atomic mass is 10.1. The van der Waals surface area contributed by atoms with Crippen LogP contribution in [0.1, 0.15) is 29.0 Å². The van der Waals surface area contributed by atoms with Gasteiger partial charge in [0.2, 0.25) is 6.39 Å². The standard InChI is InChI=1S/C13H13N3O2/c17-12-6-3-7-16(8-13-14-9-18-15-13)11-5-2-1-4-10(11)12/h1-2,4-5,9H,3,6-8H2. The zero-order chi connectivity index (χ0) is 12.4. The van der Waals surface area contributed by atoms with E-state index in [2.05, 4.69) is 15.0 Å². The molecule has 1 aromatic carbocycles. The third kappa shape index (κ3) is 1.99. The monoisotopic (exact) mass is 243 g/mol. The van der Waals surface area contributed by atoms with Gasteiger partial charge in [-0.25, -0.2) is 0 Å². The van der Waals surface area contributed by atoms with Crippen molar-refractivity contribution in [1.29, 1.82) is 0 Å². The van der Waals surface area contributed by atoms with E-state index in [1.54, 1.807) is 0 Å². The number of Topliss-reactive ketones (excluding diaryl/α,β-unsaturated/α-hetero) is 1. The van der Waals surface area contributed by atoms with Crippen molar-refractivity contribution in [1.82, 2.24) is 10.1 Å². The summed E-state index contributed by atoms with van der Waals surface area (Å²) in [4.78, 5) is 18.1. The van der Waals surface area contributed by atoms with Gasteiger partial charge in [0.05, 0.1) is 6.54 Å². The first-order chi connectivity index (χ1) is 8.84. The van der Waals surface area contributed by atoms with Crippen LogP contribution in [-0.4, -0.2) is 22.5 Å². The highest BCUT2D eigenvalue weighted by atomic mass is 16.5. The number of benzene rings is 1. The van der Waals surface area contributed by atoms with Crippen LogP contribution < -0.4 is 4.90 Å². The molecule has 0 spiro atoms. The van der Waals surface area contributed by atoms with Crippen LogP contribution >= 0.6 is 0 Å². The summed E-state index contributed by atoms with van der Waals surface area (Å²) in [6, 6.07) is 7.69. The molecule has 0 N–H and O–H groups in total. The zero-order valence-electron chi connectivity index (χ0n) is 9.87. The Morgan fingerprint density at radius 1 is 1.33 bits per heavy atom. The average Bonchev–Trinajstić information content (AvgIpc) is 2.85. The van der Waals surface area contributed by atoms with Gasteiger partial charge in [0.1, 0.15) is 0 Å². The van der Waals surface area contributed by atoms with Crippen LogP contribution in [0.25, 0.3) is 0 Å². The predicted octanol–water partition coefficient (Wildman–Crippen LogP) is 2.05. The molecule has 5 nitrogen and oxygen atoms in total. The van der Waals surface area contributed by atoms with Crippen molar-refractivity contribution >= 4 is 11.5 Å². The molecule has 0 saturated heterocycles. The van der Waals surface area contributed by atoms with Crippen molar-refractivity contribution in [3.05, 3.63) is 42.0 Å². The Labute approximate surface area is 104 Å². The number of hydrogen-bond acceptors (Lipinski definition) is 5. The summed E-state index contributed by atoms with van der Waals surface area (Å²) in [7, 11) is 0. The number of ketones is 1. The molecule has 0 bridgehead atoms. The maximum atomic E-state index is 12.0. The highest BCUT2D eigenvalue weighted by molar-refractivity contribution is 6.01. The number of aromatic nitrogens is 2. The SMILES string of the molecule is O=C1CCCN(Cc2ncon2)c2ccccc21. The van der Waals surface area contributed by atoms with Crippen molar-refractivity contribution in [2.45, 2.75) is 19.4 Å². The Hall–Kier alpha value is -2.17. The van der Waals surface area contributed by atoms with E-state index in [1.165, 1.54) is 6.39 Å². The smallest absolute Gasteiger partial charge is 0.213 e. The van der Waals surface area contributed by atoms with E-state index < -0.39 is 0 Å². The van der Waals surface area contributed by atoms with E-state index in [-0.39, 0.29) is 5.78 Å². The highest BCUT2D eigenvalue weighted by Crippen LogP contribution is 2.26. The lowest BCUT2D eigenvalue weighted by Crippen LogP contribution is -2.24. The summed E-state index contributed by atoms with van der Waals surface area (Å²) in [6.45, 7) is 1.40. The first kappa shape index (κ1) is 11.0. The summed E-state index contributed by atoms with van der Waals surface area (Å²) in [5.41, 5.74) is 1.75. The summed E-state index contributed by atoms with van der Waals surface area (Å²) in [5, 5.41) is 3.82. The van der Waals surface area contributed by atoms with Crippen LogP contribution in [0.4, 0.5) is 5.69 Å². The molecule has 92 valence electrons. The molecule has 0 amide bonds. The number of carbonyl (C=O) groups excluding carboxylic acids is 1. The summed E-state index contributed by atoms with van der Waals surface area (Å²) < 4.78 is 4.74. The zero-order valence-corrected chi connectivity index (χ0v) is 9.87. The molecule has 18 heavy (non-hydrogen) atoms. The quantitative estimate of drug-likeness (QED) is 0.808. The van der Waals surface area contributed by atoms with E-state index in [9.17, 15) is 4.79 Å². The highest BCUT2D eigenvalue weighted by Gasteiger charge is 2.21. The Bertz CT molecular complexity index is 551. The lowest BCUT2D eigenvalue weighted by Gasteiger charge is -2.22. The number of carbonyl (C=O) groups is 1. The molecule has 1 aromatic heterocycles. The minimum Gasteiger partial charge on any atom is -0.363 e. The topological polar surface area (TPSA) is 59.2 Å². The molecule has 0 saturated carbocycles. The molecule has 0 radical (unpaired) electrons. The van der Waals surface area contributed by atoms with E-state index in [1.807, 2.05) is 24.3 Å². The Morgan fingerprint density at radius 2 is 2.22 bits per heavy atom. The molecule has 0 unspecified atom stereocenters. The van der Waals surface area contributed by atoms with Gasteiger partial charge >= 0.3 is 0 Å². The minimum absolute atomic E-state index is 0.209. The second-order valence-corrected chi connectivity index (χ2v) is 4.31. The van der Waals surface area contributed by atoms with E-state index in [0.29, 0.717) is 18.8 Å². The Kier molecular flexibility index (Phi) is 2.80. The molecule has 1 aliphatic rings. The summed E-state index contributed by atoms with van der Waals surface area (Å²) in [5.74, 6) is 0.848. The van der Waals surface area contributed by atoms with Gasteiger partial charge in [-0.15, -0.1) is 0 Å². The largest absolute Gasteiger partial charge is 0.363 e. The van der Waals surface area contributed by atoms with Crippen LogP contribution in [0.5, 0.6) is 0 Å². The molecule has 0 aliphatic carbocycles. The fraction of sp³-hybridized carbons (Fsp3) is 0.308. The maximum Gasteiger partial charge on any atom is 0.213 e. The van der Waals surface area contributed by atoms with Gasteiger partial charge in [-0.1, -0.05) is 17.3 Å². The predicted molar refractivity (Wildman–Crippen MR) is 65.4 cm³/mol. The number of para-hydroxylation sites is 1. The van der Waals surface area contributed by atoms with Crippen LogP contribution in [0.3, 0.4) is 0 Å². The third-order valence-electron chi connectivity index (χ3n) is 3.12.